The summed E-state index contributed by atoms with van der Waals surface area (Å²) in [5, 5.41) is 11.5. The van der Waals surface area contributed by atoms with Gasteiger partial charge in [0.25, 0.3) is 11.8 Å². The molecule has 2 heterocycles. The van der Waals surface area contributed by atoms with E-state index in [-0.39, 0.29) is 16.2 Å². The lowest BCUT2D eigenvalue weighted by Crippen LogP contribution is -2.54. The maximum atomic E-state index is 13.0. The lowest BCUT2D eigenvalue weighted by Gasteiger charge is -2.29. The monoisotopic (exact) mass is 383 g/mol. The van der Waals surface area contributed by atoms with Crippen LogP contribution in [-0.2, 0) is 16.6 Å². The first-order valence-corrected chi connectivity index (χ1v) is 8.49. The van der Waals surface area contributed by atoms with E-state index in [0.717, 1.165) is 17.0 Å². The van der Waals surface area contributed by atoms with Gasteiger partial charge in [-0.2, -0.15) is 0 Å². The quantitative estimate of drug-likeness (QED) is 0.482. The molecule has 0 radical (unpaired) electrons. The van der Waals surface area contributed by atoms with Crippen molar-refractivity contribution in [3.8, 4) is 0 Å². The molecule has 0 aliphatic carbocycles. The highest BCUT2D eigenvalue weighted by molar-refractivity contribution is 7.80. The molecule has 1 aliphatic rings. The fourth-order valence-electron chi connectivity index (χ4n) is 2.83. The van der Waals surface area contributed by atoms with Crippen LogP contribution in [0.1, 0.15) is 27.3 Å². The van der Waals surface area contributed by atoms with Crippen molar-refractivity contribution in [3.05, 3.63) is 58.4 Å². The van der Waals surface area contributed by atoms with Gasteiger partial charge in [0, 0.05) is 18.4 Å². The highest BCUT2D eigenvalue weighted by Crippen LogP contribution is 2.24. The molecule has 2 amide bonds. The molecular formula is C19H17N3O4S. The number of nitrogens with one attached hydrogen (secondary N) is 1. The van der Waals surface area contributed by atoms with Crippen molar-refractivity contribution in [2.75, 3.05) is 4.90 Å². The SMILES string of the molecule is Cc1cc(/C=C2/C(=O)NC(=S)N(c3ccc(C(=O)O)cc3)C2=O)c(C)n1C. The first-order chi connectivity index (χ1) is 12.7. The Morgan fingerprint density at radius 2 is 1.81 bits per heavy atom. The number of carboxylic acid groups (broad SMARTS) is 1. The van der Waals surface area contributed by atoms with Crippen molar-refractivity contribution >= 4 is 46.9 Å². The van der Waals surface area contributed by atoms with Gasteiger partial charge in [-0.1, -0.05) is 0 Å². The van der Waals surface area contributed by atoms with E-state index in [0.29, 0.717) is 5.69 Å². The molecule has 0 spiro atoms. The second kappa shape index (κ2) is 6.81. The maximum Gasteiger partial charge on any atom is 0.335 e. The van der Waals surface area contributed by atoms with Crippen molar-refractivity contribution in [1.82, 2.24) is 9.88 Å². The molecule has 2 aromatic rings. The zero-order valence-corrected chi connectivity index (χ0v) is 15.8. The number of hydrogen-bond donors (Lipinski definition) is 2. The Morgan fingerprint density at radius 1 is 1.19 bits per heavy atom. The molecule has 27 heavy (non-hydrogen) atoms. The number of aryl methyl sites for hydroxylation is 1. The van der Waals surface area contributed by atoms with Crippen molar-refractivity contribution in [2.45, 2.75) is 13.8 Å². The smallest absolute Gasteiger partial charge is 0.335 e. The molecule has 0 atom stereocenters. The molecule has 1 fully saturated rings. The topological polar surface area (TPSA) is 91.6 Å². The zero-order valence-electron chi connectivity index (χ0n) is 14.9. The number of amides is 2. The van der Waals surface area contributed by atoms with Gasteiger partial charge in [0.2, 0.25) is 0 Å². The van der Waals surface area contributed by atoms with Crippen LogP contribution in [0.15, 0.2) is 35.9 Å². The van der Waals surface area contributed by atoms with E-state index in [1.165, 1.54) is 29.2 Å². The third-order valence-corrected chi connectivity index (χ3v) is 4.87. The van der Waals surface area contributed by atoms with Crippen LogP contribution in [0.25, 0.3) is 6.08 Å². The molecule has 0 bridgehead atoms. The van der Waals surface area contributed by atoms with Gasteiger partial charge in [-0.3, -0.25) is 19.8 Å². The van der Waals surface area contributed by atoms with Crippen LogP contribution < -0.4 is 10.2 Å². The van der Waals surface area contributed by atoms with E-state index in [1.807, 2.05) is 31.5 Å². The average molecular weight is 383 g/mol. The number of benzene rings is 1. The summed E-state index contributed by atoms with van der Waals surface area (Å²) in [6, 6.07) is 7.58. The Labute approximate surface area is 160 Å². The number of thiocarbonyl (C=S) groups is 1. The van der Waals surface area contributed by atoms with E-state index >= 15 is 0 Å². The van der Waals surface area contributed by atoms with Crippen molar-refractivity contribution in [2.24, 2.45) is 7.05 Å². The average Bonchev–Trinajstić information content (AvgIpc) is 2.85. The fraction of sp³-hybridized carbons (Fsp3) is 0.158. The molecule has 1 aromatic heterocycles. The number of aromatic nitrogens is 1. The van der Waals surface area contributed by atoms with Crippen LogP contribution in [-0.4, -0.2) is 32.6 Å². The number of hydrogen-bond acceptors (Lipinski definition) is 4. The summed E-state index contributed by atoms with van der Waals surface area (Å²) < 4.78 is 1.96. The van der Waals surface area contributed by atoms with Crippen LogP contribution >= 0.6 is 12.2 Å². The molecule has 138 valence electrons. The first kappa shape index (κ1) is 18.5. The van der Waals surface area contributed by atoms with Crippen LogP contribution in [0.2, 0.25) is 0 Å². The number of aromatic carboxylic acids is 1. The summed E-state index contributed by atoms with van der Waals surface area (Å²) in [5.74, 6) is -2.20. The van der Waals surface area contributed by atoms with Crippen molar-refractivity contribution in [3.63, 3.8) is 0 Å². The number of anilines is 1. The Bertz CT molecular complexity index is 1020. The summed E-state index contributed by atoms with van der Waals surface area (Å²) in [5.41, 5.74) is 3.11. The van der Waals surface area contributed by atoms with Gasteiger partial charge in [0.05, 0.1) is 11.3 Å². The highest BCUT2D eigenvalue weighted by atomic mass is 32.1. The van der Waals surface area contributed by atoms with Gasteiger partial charge in [0.1, 0.15) is 5.57 Å². The lowest BCUT2D eigenvalue weighted by molar-refractivity contribution is -0.122. The largest absolute Gasteiger partial charge is 0.478 e. The molecule has 2 N–H and O–H groups in total. The van der Waals surface area contributed by atoms with Gasteiger partial charge in [-0.25, -0.2) is 4.79 Å². The van der Waals surface area contributed by atoms with Gasteiger partial charge in [-0.05, 0) is 68.0 Å². The second-order valence-corrected chi connectivity index (χ2v) is 6.58. The van der Waals surface area contributed by atoms with Gasteiger partial charge in [0.15, 0.2) is 5.11 Å². The Morgan fingerprint density at radius 3 is 2.33 bits per heavy atom. The summed E-state index contributed by atoms with van der Waals surface area (Å²) in [7, 11) is 1.90. The van der Waals surface area contributed by atoms with E-state index in [1.54, 1.807) is 6.08 Å². The minimum Gasteiger partial charge on any atom is -0.478 e. The summed E-state index contributed by atoms with van der Waals surface area (Å²) in [6.07, 6.45) is 1.54. The third-order valence-electron chi connectivity index (χ3n) is 4.59. The fourth-order valence-corrected chi connectivity index (χ4v) is 3.11. The Hall–Kier alpha value is -3.26. The first-order valence-electron chi connectivity index (χ1n) is 8.08. The molecular weight excluding hydrogens is 366 g/mol. The van der Waals surface area contributed by atoms with E-state index < -0.39 is 17.8 Å². The third kappa shape index (κ3) is 3.26. The minimum atomic E-state index is -1.07. The van der Waals surface area contributed by atoms with Gasteiger partial charge >= 0.3 is 5.97 Å². The molecule has 1 saturated heterocycles. The molecule has 0 unspecified atom stereocenters. The van der Waals surface area contributed by atoms with Crippen LogP contribution in [0.3, 0.4) is 0 Å². The summed E-state index contributed by atoms with van der Waals surface area (Å²) in [4.78, 5) is 37.5. The molecule has 1 aliphatic heterocycles. The molecule has 7 nitrogen and oxygen atoms in total. The standard InChI is InChI=1S/C19H17N3O4S/c1-10-8-13(11(2)21(10)3)9-15-16(23)20-19(27)22(17(15)24)14-6-4-12(5-7-14)18(25)26/h4-9H,1-3H3,(H,25,26)(H,20,23,27)/b15-9-. The van der Waals surface area contributed by atoms with Crippen molar-refractivity contribution < 1.29 is 19.5 Å². The predicted molar refractivity (Wildman–Crippen MR) is 104 cm³/mol. The Kier molecular flexibility index (Phi) is 4.67. The van der Waals surface area contributed by atoms with Gasteiger partial charge in [-0.15, -0.1) is 0 Å². The van der Waals surface area contributed by atoms with E-state index in [9.17, 15) is 14.4 Å². The number of rotatable bonds is 3. The summed E-state index contributed by atoms with van der Waals surface area (Å²) in [6.45, 7) is 3.83. The molecule has 0 saturated carbocycles. The molecule has 1 aromatic carbocycles. The number of nitrogens with zero attached hydrogens (tertiary/aromatic N) is 2. The normalized spacial score (nSPS) is 16.0. The minimum absolute atomic E-state index is 0.0420. The van der Waals surface area contributed by atoms with Crippen LogP contribution in [0.4, 0.5) is 5.69 Å². The molecule has 3 rings (SSSR count). The molecule has 8 heteroatoms. The zero-order chi connectivity index (χ0) is 19.9. The van der Waals surface area contributed by atoms with E-state index in [4.69, 9.17) is 17.3 Å². The number of carbonyl (C=O) groups excluding carboxylic acids is 2. The van der Waals surface area contributed by atoms with Crippen LogP contribution in [0, 0.1) is 13.8 Å². The Balaban J connectivity index is 2.02. The highest BCUT2D eigenvalue weighted by Gasteiger charge is 2.34. The predicted octanol–water partition coefficient (Wildman–Crippen LogP) is 2.17. The van der Waals surface area contributed by atoms with Crippen LogP contribution in [0.5, 0.6) is 0 Å². The summed E-state index contributed by atoms with van der Waals surface area (Å²) >= 11 is 5.14. The maximum absolute atomic E-state index is 13.0. The second-order valence-electron chi connectivity index (χ2n) is 6.20. The van der Waals surface area contributed by atoms with Gasteiger partial charge < -0.3 is 9.67 Å². The van der Waals surface area contributed by atoms with Crippen molar-refractivity contribution in [1.29, 1.82) is 0 Å². The number of carboxylic acids is 1. The number of carbonyl (C=O) groups is 3. The lowest BCUT2D eigenvalue weighted by atomic mass is 10.1. The van der Waals surface area contributed by atoms with E-state index in [2.05, 4.69) is 5.32 Å².